The lowest BCUT2D eigenvalue weighted by atomic mass is 9.95. The lowest BCUT2D eigenvalue weighted by Crippen LogP contribution is -2.27. The zero-order valence-corrected chi connectivity index (χ0v) is 8.50. The quantitative estimate of drug-likeness (QED) is 0.476. The van der Waals surface area contributed by atoms with Gasteiger partial charge in [-0.3, -0.25) is 4.99 Å². The van der Waals surface area contributed by atoms with E-state index in [-0.39, 0.29) is 0 Å². The second kappa shape index (κ2) is 3.19. The van der Waals surface area contributed by atoms with Crippen molar-refractivity contribution >= 4 is 40.4 Å². The lowest BCUT2D eigenvalue weighted by Gasteiger charge is -2.25. The molecule has 11 heavy (non-hydrogen) atoms. The van der Waals surface area contributed by atoms with Crippen molar-refractivity contribution in [2.45, 2.75) is 35.9 Å². The van der Waals surface area contributed by atoms with Crippen molar-refractivity contribution in [1.29, 1.82) is 0 Å². The van der Waals surface area contributed by atoms with E-state index in [1.807, 2.05) is 11.8 Å². The molecule has 0 radical (unpaired) electrons. The summed E-state index contributed by atoms with van der Waals surface area (Å²) in [6.45, 7) is 0. The summed E-state index contributed by atoms with van der Waals surface area (Å²) in [5.74, 6) is 0. The maximum absolute atomic E-state index is 6.03. The van der Waals surface area contributed by atoms with Crippen LogP contribution in [0.15, 0.2) is 4.99 Å². The van der Waals surface area contributed by atoms with Crippen molar-refractivity contribution < 1.29 is 0 Å². The molecule has 0 saturated heterocycles. The van der Waals surface area contributed by atoms with Crippen LogP contribution in [0.1, 0.15) is 19.3 Å². The molecule has 4 heteroatoms. The zero-order valence-electron chi connectivity index (χ0n) is 6.03. The fourth-order valence-electron chi connectivity index (χ4n) is 1.65. The number of fused-ring (bicyclic) bond motifs is 1. The molecule has 2 rings (SSSR count). The first-order valence-electron chi connectivity index (χ1n) is 3.83. The van der Waals surface area contributed by atoms with Crippen molar-refractivity contribution in [2.75, 3.05) is 0 Å². The van der Waals surface area contributed by atoms with Crippen molar-refractivity contribution in [2.24, 2.45) is 4.99 Å². The Labute approximate surface area is 81.4 Å². The van der Waals surface area contributed by atoms with E-state index in [2.05, 4.69) is 17.6 Å². The molecule has 3 unspecified atom stereocenters. The van der Waals surface area contributed by atoms with E-state index < -0.39 is 0 Å². The highest BCUT2D eigenvalue weighted by Crippen LogP contribution is 2.39. The third kappa shape index (κ3) is 1.70. The average Bonchev–Trinajstić information content (AvgIpc) is 2.27. The van der Waals surface area contributed by atoms with Gasteiger partial charge >= 0.3 is 0 Å². The van der Waals surface area contributed by atoms with Gasteiger partial charge in [0.05, 0.1) is 6.04 Å². The number of rotatable bonds is 0. The number of hydrogen-bond donors (Lipinski definition) is 1. The van der Waals surface area contributed by atoms with E-state index in [0.717, 1.165) is 17.2 Å². The first kappa shape index (κ1) is 8.27. The molecule has 1 saturated carbocycles. The molecule has 0 spiro atoms. The van der Waals surface area contributed by atoms with Gasteiger partial charge in [-0.1, -0.05) is 11.8 Å². The average molecular weight is 208 g/mol. The van der Waals surface area contributed by atoms with Crippen molar-refractivity contribution in [3.05, 3.63) is 0 Å². The number of nitrogens with zero attached hydrogens (tertiary/aromatic N) is 1. The van der Waals surface area contributed by atoms with Gasteiger partial charge in [0.25, 0.3) is 0 Å². The maximum Gasteiger partial charge on any atom is 0.122 e. The molecule has 0 amide bonds. The number of thioether (sulfide) groups is 1. The second-order valence-corrected chi connectivity index (χ2v) is 5.62. The fraction of sp³-hybridized carbons (Fsp3) is 0.857. The van der Waals surface area contributed by atoms with Crippen molar-refractivity contribution in [3.63, 3.8) is 0 Å². The molecule has 0 N–H and O–H groups in total. The normalized spacial score (nSPS) is 43.5. The third-order valence-electron chi connectivity index (χ3n) is 2.22. The van der Waals surface area contributed by atoms with Gasteiger partial charge in [0.15, 0.2) is 0 Å². The molecule has 1 fully saturated rings. The molecule has 62 valence electrons. The molecule has 2 aliphatic rings. The fourth-order valence-corrected chi connectivity index (χ4v) is 3.56. The Bertz CT molecular complexity index is 195. The number of hydrogen-bond acceptors (Lipinski definition) is 2. The van der Waals surface area contributed by atoms with Gasteiger partial charge in [0, 0.05) is 10.6 Å². The first-order valence-corrected chi connectivity index (χ1v) is 5.59. The predicted molar refractivity (Wildman–Crippen MR) is 55.1 cm³/mol. The number of aliphatic imine (C=N–C) groups is 1. The van der Waals surface area contributed by atoms with Gasteiger partial charge < -0.3 is 0 Å². The van der Waals surface area contributed by atoms with Gasteiger partial charge in [-0.25, -0.2) is 0 Å². The molecule has 0 aromatic heterocycles. The van der Waals surface area contributed by atoms with Crippen LogP contribution in [0.5, 0.6) is 0 Å². The van der Waals surface area contributed by atoms with Crippen LogP contribution in [-0.2, 0) is 0 Å². The molecule has 1 aliphatic heterocycles. The maximum atomic E-state index is 6.03. The SMILES string of the molecule is SC1=NC2CC(Cl)CCC2S1. The highest BCUT2D eigenvalue weighted by atomic mass is 35.5. The van der Waals surface area contributed by atoms with E-state index in [4.69, 9.17) is 11.6 Å². The summed E-state index contributed by atoms with van der Waals surface area (Å²) in [5, 5.41) is 1.03. The van der Waals surface area contributed by atoms with Crippen LogP contribution >= 0.6 is 36.0 Å². The topological polar surface area (TPSA) is 12.4 Å². The molecule has 1 nitrogen and oxygen atoms in total. The van der Waals surface area contributed by atoms with Crippen LogP contribution in [-0.4, -0.2) is 21.0 Å². The summed E-state index contributed by atoms with van der Waals surface area (Å²) in [6.07, 6.45) is 3.40. The molecule has 0 aromatic rings. The van der Waals surface area contributed by atoms with Crippen LogP contribution < -0.4 is 0 Å². The van der Waals surface area contributed by atoms with Gasteiger partial charge in [-0.15, -0.1) is 24.2 Å². The summed E-state index contributed by atoms with van der Waals surface area (Å²) in [4.78, 5) is 4.42. The number of thiol groups is 1. The van der Waals surface area contributed by atoms with Crippen LogP contribution in [0, 0.1) is 0 Å². The molecule has 1 aliphatic carbocycles. The highest BCUT2D eigenvalue weighted by molar-refractivity contribution is 8.33. The first-order chi connectivity index (χ1) is 5.25. The Morgan fingerprint density at radius 3 is 3.18 bits per heavy atom. The van der Waals surface area contributed by atoms with Crippen LogP contribution in [0.4, 0.5) is 0 Å². The monoisotopic (exact) mass is 207 g/mol. The molecular weight excluding hydrogens is 198 g/mol. The van der Waals surface area contributed by atoms with Crippen LogP contribution in [0.2, 0.25) is 0 Å². The van der Waals surface area contributed by atoms with Crippen LogP contribution in [0.25, 0.3) is 0 Å². The predicted octanol–water partition coefficient (Wildman–Crippen LogP) is 2.55. The van der Waals surface area contributed by atoms with Gasteiger partial charge in [0.1, 0.15) is 4.38 Å². The summed E-state index contributed by atoms with van der Waals surface area (Å²) in [5.41, 5.74) is 0. The highest BCUT2D eigenvalue weighted by Gasteiger charge is 2.34. The smallest absolute Gasteiger partial charge is 0.122 e. The Balaban J connectivity index is 2.05. The minimum absolute atomic E-state index is 0.347. The van der Waals surface area contributed by atoms with Crippen LogP contribution in [0.3, 0.4) is 0 Å². The third-order valence-corrected chi connectivity index (χ3v) is 4.22. The Morgan fingerprint density at radius 1 is 1.55 bits per heavy atom. The Kier molecular flexibility index (Phi) is 2.40. The van der Waals surface area contributed by atoms with Crippen molar-refractivity contribution in [1.82, 2.24) is 0 Å². The zero-order chi connectivity index (χ0) is 7.84. The lowest BCUT2D eigenvalue weighted by molar-refractivity contribution is 0.468. The van der Waals surface area contributed by atoms with Crippen molar-refractivity contribution in [3.8, 4) is 0 Å². The number of halogens is 1. The minimum Gasteiger partial charge on any atom is -0.267 e. The van der Waals surface area contributed by atoms with E-state index >= 15 is 0 Å². The second-order valence-electron chi connectivity index (χ2n) is 3.05. The van der Waals surface area contributed by atoms with E-state index in [1.165, 1.54) is 6.42 Å². The molecule has 3 atom stereocenters. The Morgan fingerprint density at radius 2 is 2.36 bits per heavy atom. The van der Waals surface area contributed by atoms with Gasteiger partial charge in [-0.05, 0) is 19.3 Å². The van der Waals surface area contributed by atoms with E-state index in [0.29, 0.717) is 16.7 Å². The molecular formula is C7H10ClNS2. The number of alkyl halides is 1. The molecule has 1 heterocycles. The van der Waals surface area contributed by atoms with Gasteiger partial charge in [0.2, 0.25) is 0 Å². The molecule has 0 aromatic carbocycles. The van der Waals surface area contributed by atoms with Gasteiger partial charge in [-0.2, -0.15) is 0 Å². The minimum atomic E-state index is 0.347. The summed E-state index contributed by atoms with van der Waals surface area (Å²) in [7, 11) is 0. The summed E-state index contributed by atoms with van der Waals surface area (Å²) in [6, 6.07) is 0.462. The standard InChI is InChI=1S/C7H10ClNS2/c8-4-1-2-6-5(3-4)9-7(10)11-6/h4-6H,1-3H2,(H,9,10). The molecule has 0 bridgehead atoms. The van der Waals surface area contributed by atoms with E-state index in [9.17, 15) is 0 Å². The Hall–Kier alpha value is 0.660. The summed E-state index contributed by atoms with van der Waals surface area (Å²) >= 11 is 12.1. The summed E-state index contributed by atoms with van der Waals surface area (Å²) < 4.78 is 0.950. The largest absolute Gasteiger partial charge is 0.267 e. The van der Waals surface area contributed by atoms with E-state index in [1.54, 1.807) is 0 Å².